The highest BCUT2D eigenvalue weighted by atomic mass is 79.9. The molecule has 0 spiro atoms. The van der Waals surface area contributed by atoms with Gasteiger partial charge in [0.05, 0.1) is 5.69 Å². The van der Waals surface area contributed by atoms with E-state index in [0.717, 1.165) is 16.7 Å². The SMILES string of the molecule is Cc1cc(C(C)CBr)n[nH]1. The molecule has 0 aliphatic carbocycles. The first-order valence-corrected chi connectivity index (χ1v) is 4.44. The van der Waals surface area contributed by atoms with E-state index >= 15 is 0 Å². The Morgan fingerprint density at radius 1 is 1.80 bits per heavy atom. The van der Waals surface area contributed by atoms with Gasteiger partial charge in [0, 0.05) is 16.9 Å². The van der Waals surface area contributed by atoms with Crippen LogP contribution >= 0.6 is 15.9 Å². The quantitative estimate of drug-likeness (QED) is 0.733. The summed E-state index contributed by atoms with van der Waals surface area (Å²) < 4.78 is 0. The van der Waals surface area contributed by atoms with Crippen molar-refractivity contribution in [2.45, 2.75) is 19.8 Å². The molecule has 0 bridgehead atoms. The van der Waals surface area contributed by atoms with Crippen LogP contribution in [0.1, 0.15) is 24.2 Å². The summed E-state index contributed by atoms with van der Waals surface area (Å²) in [6, 6.07) is 2.08. The molecule has 1 aromatic heterocycles. The Labute approximate surface area is 69.2 Å². The molecule has 56 valence electrons. The Morgan fingerprint density at radius 3 is 2.90 bits per heavy atom. The largest absolute Gasteiger partial charge is 0.283 e. The van der Waals surface area contributed by atoms with Crippen LogP contribution in [0.4, 0.5) is 0 Å². The van der Waals surface area contributed by atoms with Crippen LogP contribution in [0.5, 0.6) is 0 Å². The van der Waals surface area contributed by atoms with Crippen LogP contribution in [0.25, 0.3) is 0 Å². The van der Waals surface area contributed by atoms with Gasteiger partial charge in [0.1, 0.15) is 0 Å². The molecule has 0 fully saturated rings. The Morgan fingerprint density at radius 2 is 2.50 bits per heavy atom. The molecule has 0 radical (unpaired) electrons. The van der Waals surface area contributed by atoms with E-state index in [9.17, 15) is 0 Å². The molecule has 0 aliphatic heterocycles. The van der Waals surface area contributed by atoms with Gasteiger partial charge in [-0.25, -0.2) is 0 Å². The number of alkyl halides is 1. The monoisotopic (exact) mass is 202 g/mol. The second-order valence-corrected chi connectivity index (χ2v) is 3.18. The van der Waals surface area contributed by atoms with Crippen LogP contribution < -0.4 is 0 Å². The molecular weight excluding hydrogens is 192 g/mol. The molecule has 1 unspecified atom stereocenters. The number of nitrogens with zero attached hydrogens (tertiary/aromatic N) is 1. The molecule has 1 heterocycles. The Balaban J connectivity index is 2.74. The molecule has 0 aromatic carbocycles. The minimum absolute atomic E-state index is 0.505. The lowest BCUT2D eigenvalue weighted by Gasteiger charge is -1.99. The average Bonchev–Trinajstić information content (AvgIpc) is 2.34. The first-order valence-electron chi connectivity index (χ1n) is 3.32. The van der Waals surface area contributed by atoms with Crippen molar-refractivity contribution in [2.75, 3.05) is 5.33 Å². The van der Waals surface area contributed by atoms with Crippen LogP contribution in [-0.2, 0) is 0 Å². The maximum absolute atomic E-state index is 4.13. The zero-order valence-corrected chi connectivity index (χ0v) is 7.77. The van der Waals surface area contributed by atoms with E-state index in [1.807, 2.05) is 6.92 Å². The molecule has 1 atom stereocenters. The first kappa shape index (κ1) is 7.79. The van der Waals surface area contributed by atoms with E-state index in [-0.39, 0.29) is 0 Å². The van der Waals surface area contributed by atoms with Gasteiger partial charge in [0.15, 0.2) is 0 Å². The summed E-state index contributed by atoms with van der Waals surface area (Å²) in [6.07, 6.45) is 0. The van der Waals surface area contributed by atoms with Crippen LogP contribution in [-0.4, -0.2) is 15.5 Å². The predicted octanol–water partition coefficient (Wildman–Crippen LogP) is 2.22. The lowest BCUT2D eigenvalue weighted by Crippen LogP contribution is -1.93. The summed E-state index contributed by atoms with van der Waals surface area (Å²) in [6.45, 7) is 4.15. The molecule has 0 saturated carbocycles. The van der Waals surface area contributed by atoms with Gasteiger partial charge in [-0.3, -0.25) is 5.10 Å². The van der Waals surface area contributed by atoms with Crippen LogP contribution in [0.2, 0.25) is 0 Å². The van der Waals surface area contributed by atoms with Crippen molar-refractivity contribution < 1.29 is 0 Å². The van der Waals surface area contributed by atoms with E-state index in [1.165, 1.54) is 0 Å². The maximum atomic E-state index is 4.13. The summed E-state index contributed by atoms with van der Waals surface area (Å²) in [4.78, 5) is 0. The van der Waals surface area contributed by atoms with E-state index in [0.29, 0.717) is 5.92 Å². The molecular formula is C7H11BrN2. The van der Waals surface area contributed by atoms with Gasteiger partial charge < -0.3 is 0 Å². The fraction of sp³-hybridized carbons (Fsp3) is 0.571. The minimum Gasteiger partial charge on any atom is -0.283 e. The fourth-order valence-corrected chi connectivity index (χ4v) is 1.10. The van der Waals surface area contributed by atoms with Gasteiger partial charge in [-0.15, -0.1) is 0 Å². The van der Waals surface area contributed by atoms with Crippen molar-refractivity contribution in [2.24, 2.45) is 0 Å². The number of hydrogen-bond donors (Lipinski definition) is 1. The normalized spacial score (nSPS) is 13.5. The highest BCUT2D eigenvalue weighted by molar-refractivity contribution is 9.09. The molecule has 10 heavy (non-hydrogen) atoms. The molecule has 1 rings (SSSR count). The van der Waals surface area contributed by atoms with Crippen LogP contribution in [0.15, 0.2) is 6.07 Å². The topological polar surface area (TPSA) is 28.7 Å². The van der Waals surface area contributed by atoms with Crippen molar-refractivity contribution in [3.63, 3.8) is 0 Å². The molecule has 2 nitrogen and oxygen atoms in total. The second kappa shape index (κ2) is 3.19. The summed E-state index contributed by atoms with van der Waals surface area (Å²) in [5.74, 6) is 0.505. The van der Waals surface area contributed by atoms with E-state index < -0.39 is 0 Å². The molecule has 1 aromatic rings. The smallest absolute Gasteiger partial charge is 0.0661 e. The average molecular weight is 203 g/mol. The number of aryl methyl sites for hydroxylation is 1. The number of aromatic nitrogens is 2. The van der Waals surface area contributed by atoms with Crippen molar-refractivity contribution in [1.82, 2.24) is 10.2 Å². The Bertz CT molecular complexity index is 207. The van der Waals surface area contributed by atoms with Gasteiger partial charge in [0.2, 0.25) is 0 Å². The Kier molecular flexibility index (Phi) is 2.49. The standard InChI is InChI=1S/C7H11BrN2/c1-5(4-8)7-3-6(2)9-10-7/h3,5H,4H2,1-2H3,(H,9,10). The van der Waals surface area contributed by atoms with Crippen molar-refractivity contribution in [3.8, 4) is 0 Å². The highest BCUT2D eigenvalue weighted by Gasteiger charge is 2.05. The molecule has 1 N–H and O–H groups in total. The fourth-order valence-electron chi connectivity index (χ4n) is 0.771. The minimum atomic E-state index is 0.505. The van der Waals surface area contributed by atoms with Crippen LogP contribution in [0, 0.1) is 6.92 Å². The summed E-state index contributed by atoms with van der Waals surface area (Å²) >= 11 is 3.41. The van der Waals surface area contributed by atoms with Gasteiger partial charge in [-0.2, -0.15) is 5.10 Å². The number of halogens is 1. The second-order valence-electron chi connectivity index (χ2n) is 2.53. The Hall–Kier alpha value is -0.310. The molecule has 0 amide bonds. The number of H-pyrrole nitrogens is 1. The zero-order chi connectivity index (χ0) is 7.56. The van der Waals surface area contributed by atoms with Crippen molar-refractivity contribution in [3.05, 3.63) is 17.5 Å². The third-order valence-electron chi connectivity index (χ3n) is 1.46. The number of rotatable bonds is 2. The maximum Gasteiger partial charge on any atom is 0.0661 e. The molecule has 3 heteroatoms. The summed E-state index contributed by atoms with van der Waals surface area (Å²) in [5, 5.41) is 8.01. The highest BCUT2D eigenvalue weighted by Crippen LogP contribution is 2.14. The summed E-state index contributed by atoms with van der Waals surface area (Å²) in [7, 11) is 0. The number of nitrogens with one attached hydrogen (secondary N) is 1. The molecule has 0 aliphatic rings. The van der Waals surface area contributed by atoms with E-state index in [1.54, 1.807) is 0 Å². The van der Waals surface area contributed by atoms with E-state index in [2.05, 4.69) is 39.1 Å². The molecule has 0 saturated heterocycles. The third kappa shape index (κ3) is 1.59. The summed E-state index contributed by atoms with van der Waals surface area (Å²) in [5.41, 5.74) is 2.26. The lowest BCUT2D eigenvalue weighted by molar-refractivity contribution is 0.825. The zero-order valence-electron chi connectivity index (χ0n) is 6.19. The lowest BCUT2D eigenvalue weighted by atomic mass is 10.1. The number of hydrogen-bond acceptors (Lipinski definition) is 1. The van der Waals surface area contributed by atoms with Crippen molar-refractivity contribution in [1.29, 1.82) is 0 Å². The van der Waals surface area contributed by atoms with Gasteiger partial charge in [-0.1, -0.05) is 22.9 Å². The number of aromatic amines is 1. The van der Waals surface area contributed by atoms with Gasteiger partial charge >= 0.3 is 0 Å². The van der Waals surface area contributed by atoms with Crippen molar-refractivity contribution >= 4 is 15.9 Å². The van der Waals surface area contributed by atoms with Gasteiger partial charge in [-0.05, 0) is 13.0 Å². The van der Waals surface area contributed by atoms with E-state index in [4.69, 9.17) is 0 Å². The predicted molar refractivity (Wildman–Crippen MR) is 45.5 cm³/mol. The third-order valence-corrected chi connectivity index (χ3v) is 2.43. The van der Waals surface area contributed by atoms with Gasteiger partial charge in [0.25, 0.3) is 0 Å². The van der Waals surface area contributed by atoms with Crippen LogP contribution in [0.3, 0.4) is 0 Å². The first-order chi connectivity index (χ1) is 4.74.